The molecule has 1 aliphatic heterocycles. The van der Waals surface area contributed by atoms with Gasteiger partial charge in [0.05, 0.1) is 27.7 Å². The van der Waals surface area contributed by atoms with Crippen molar-refractivity contribution in [3.05, 3.63) is 154 Å². The van der Waals surface area contributed by atoms with E-state index in [0.717, 1.165) is 11.1 Å². The van der Waals surface area contributed by atoms with Crippen LogP contribution in [0.2, 0.25) is 0 Å². The standard InChI is InChI=1S/C36H32N4O6S/c1-3-46-31-18-14-28(15-19-31)37-47(44,45)32-20-21-34-33(23-32)36(41)39(29-16-12-25(2)13-17-29)35(27-10-7-11-30(22-27)40(42)43)38(34)24-26-8-5-4-6-9-26/h4-23,35,37H,3,24H2,1-2H3/t35-/m1/s1. The molecule has 47 heavy (non-hydrogen) atoms. The van der Waals surface area contributed by atoms with Crippen molar-refractivity contribution in [2.24, 2.45) is 0 Å². The molecule has 238 valence electrons. The van der Waals surface area contributed by atoms with Crippen molar-refractivity contribution in [1.82, 2.24) is 0 Å². The minimum atomic E-state index is -4.10. The Labute approximate surface area is 273 Å². The molecule has 0 aromatic heterocycles. The third-order valence-electron chi connectivity index (χ3n) is 7.88. The van der Waals surface area contributed by atoms with E-state index >= 15 is 0 Å². The van der Waals surface area contributed by atoms with Crippen LogP contribution < -0.4 is 19.3 Å². The van der Waals surface area contributed by atoms with Crippen LogP contribution in [0.25, 0.3) is 0 Å². The summed E-state index contributed by atoms with van der Waals surface area (Å²) in [6.07, 6.45) is -0.790. The molecule has 1 heterocycles. The summed E-state index contributed by atoms with van der Waals surface area (Å²) in [4.78, 5) is 29.4. The normalized spacial score (nSPS) is 14.4. The van der Waals surface area contributed by atoms with Crippen LogP contribution in [0.4, 0.5) is 22.7 Å². The van der Waals surface area contributed by atoms with Gasteiger partial charge in [-0.15, -0.1) is 0 Å². The van der Waals surface area contributed by atoms with Crippen molar-refractivity contribution in [3.8, 4) is 5.75 Å². The number of hydrogen-bond acceptors (Lipinski definition) is 7. The van der Waals surface area contributed by atoms with Gasteiger partial charge >= 0.3 is 0 Å². The fourth-order valence-electron chi connectivity index (χ4n) is 5.66. The van der Waals surface area contributed by atoms with E-state index < -0.39 is 27.0 Å². The molecule has 11 heteroatoms. The average Bonchev–Trinajstić information content (AvgIpc) is 3.07. The van der Waals surface area contributed by atoms with Crippen molar-refractivity contribution in [2.75, 3.05) is 21.1 Å². The minimum Gasteiger partial charge on any atom is -0.494 e. The lowest BCUT2D eigenvalue weighted by molar-refractivity contribution is -0.384. The monoisotopic (exact) mass is 648 g/mol. The highest BCUT2D eigenvalue weighted by Gasteiger charge is 2.41. The molecule has 0 saturated carbocycles. The van der Waals surface area contributed by atoms with Gasteiger partial charge in [-0.25, -0.2) is 8.42 Å². The number of anilines is 3. The number of nitrogens with one attached hydrogen (secondary N) is 1. The quantitative estimate of drug-likeness (QED) is 0.123. The molecular formula is C36H32N4O6S. The zero-order valence-corrected chi connectivity index (χ0v) is 26.6. The Hall–Kier alpha value is -5.68. The second-order valence-corrected chi connectivity index (χ2v) is 12.8. The van der Waals surface area contributed by atoms with E-state index in [2.05, 4.69) is 4.72 Å². The molecule has 0 fully saturated rings. The number of ether oxygens (including phenoxy) is 1. The highest BCUT2D eigenvalue weighted by Crippen LogP contribution is 2.43. The average molecular weight is 649 g/mol. The Kier molecular flexibility index (Phi) is 8.64. The summed E-state index contributed by atoms with van der Waals surface area (Å²) in [6, 6.07) is 34.3. The van der Waals surface area contributed by atoms with Gasteiger partial charge in [0.1, 0.15) is 11.9 Å². The lowest BCUT2D eigenvalue weighted by Crippen LogP contribution is -2.49. The summed E-state index contributed by atoms with van der Waals surface area (Å²) < 4.78 is 35.3. The number of non-ortho nitro benzene ring substituents is 1. The van der Waals surface area contributed by atoms with Crippen LogP contribution in [0.5, 0.6) is 5.75 Å². The predicted molar refractivity (Wildman–Crippen MR) is 181 cm³/mol. The SMILES string of the molecule is CCOc1ccc(NS(=O)(=O)c2ccc3c(c2)C(=O)N(c2ccc(C)cc2)[C@H](c2cccc([N+](=O)[O-])c2)N3Cc2ccccc2)cc1. The van der Waals surface area contributed by atoms with Gasteiger partial charge in [0.15, 0.2) is 0 Å². The van der Waals surface area contributed by atoms with Crippen LogP contribution in [-0.2, 0) is 16.6 Å². The molecule has 0 spiro atoms. The molecule has 1 atom stereocenters. The Balaban J connectivity index is 1.50. The smallest absolute Gasteiger partial charge is 0.269 e. The summed E-state index contributed by atoms with van der Waals surface area (Å²) in [5.41, 5.74) is 3.92. The number of benzene rings is 5. The maximum Gasteiger partial charge on any atom is 0.269 e. The van der Waals surface area contributed by atoms with Crippen LogP contribution in [-0.4, -0.2) is 25.9 Å². The Morgan fingerprint density at radius 2 is 1.60 bits per heavy atom. The highest BCUT2D eigenvalue weighted by molar-refractivity contribution is 7.92. The molecule has 1 N–H and O–H groups in total. The summed E-state index contributed by atoms with van der Waals surface area (Å²) in [6.45, 7) is 4.61. The molecule has 5 aromatic carbocycles. The largest absolute Gasteiger partial charge is 0.494 e. The number of fused-ring (bicyclic) bond motifs is 1. The number of sulfonamides is 1. The van der Waals surface area contributed by atoms with Crippen LogP contribution in [0, 0.1) is 17.0 Å². The number of hydrogen-bond donors (Lipinski definition) is 1. The summed E-state index contributed by atoms with van der Waals surface area (Å²) in [5, 5.41) is 11.8. The second-order valence-electron chi connectivity index (χ2n) is 11.1. The maximum absolute atomic E-state index is 14.6. The van der Waals surface area contributed by atoms with Crippen molar-refractivity contribution >= 4 is 38.7 Å². The first-order valence-electron chi connectivity index (χ1n) is 15.0. The number of nitro benzene ring substituents is 1. The molecule has 5 aromatic rings. The first kappa shape index (κ1) is 31.3. The van der Waals surface area contributed by atoms with E-state index in [1.165, 1.54) is 24.3 Å². The van der Waals surface area contributed by atoms with Gasteiger partial charge in [-0.3, -0.25) is 24.5 Å². The van der Waals surface area contributed by atoms with Crippen LogP contribution in [0.3, 0.4) is 0 Å². The van der Waals surface area contributed by atoms with Crippen LogP contribution in [0.1, 0.15) is 40.1 Å². The van der Waals surface area contributed by atoms with Crippen molar-refractivity contribution in [1.29, 1.82) is 0 Å². The van der Waals surface area contributed by atoms with E-state index in [-0.39, 0.29) is 16.1 Å². The van der Waals surface area contributed by atoms with Gasteiger partial charge in [0, 0.05) is 35.6 Å². The molecule has 0 unspecified atom stereocenters. The topological polar surface area (TPSA) is 122 Å². The van der Waals surface area contributed by atoms with E-state index in [1.54, 1.807) is 47.4 Å². The molecule has 0 bridgehead atoms. The molecule has 10 nitrogen and oxygen atoms in total. The number of carbonyl (C=O) groups excluding carboxylic acids is 1. The van der Waals surface area contributed by atoms with E-state index in [1.807, 2.05) is 73.3 Å². The highest BCUT2D eigenvalue weighted by atomic mass is 32.2. The minimum absolute atomic E-state index is 0.0872. The molecular weight excluding hydrogens is 616 g/mol. The zero-order chi connectivity index (χ0) is 33.1. The van der Waals surface area contributed by atoms with Crippen molar-refractivity contribution in [3.63, 3.8) is 0 Å². The Morgan fingerprint density at radius 1 is 0.872 bits per heavy atom. The van der Waals surface area contributed by atoms with Crippen molar-refractivity contribution in [2.45, 2.75) is 31.5 Å². The van der Waals surface area contributed by atoms with Gasteiger partial charge in [0.25, 0.3) is 21.6 Å². The van der Waals surface area contributed by atoms with Gasteiger partial charge in [0.2, 0.25) is 0 Å². The summed E-state index contributed by atoms with van der Waals surface area (Å²) in [7, 11) is -4.10. The molecule has 1 aliphatic rings. The lowest BCUT2D eigenvalue weighted by atomic mass is 9.98. The fourth-order valence-corrected chi connectivity index (χ4v) is 6.74. The molecule has 1 amide bonds. The van der Waals surface area contributed by atoms with Gasteiger partial charge in [-0.05, 0) is 74.0 Å². The number of aryl methyl sites for hydroxylation is 1. The molecule has 0 radical (unpaired) electrons. The fraction of sp³-hybridized carbons (Fsp3) is 0.139. The Morgan fingerprint density at radius 3 is 2.28 bits per heavy atom. The Bertz CT molecular complexity index is 2040. The summed E-state index contributed by atoms with van der Waals surface area (Å²) in [5.74, 6) is 0.172. The number of carbonyl (C=O) groups is 1. The van der Waals surface area contributed by atoms with E-state index in [9.17, 15) is 23.3 Å². The van der Waals surface area contributed by atoms with Crippen LogP contribution >= 0.6 is 0 Å². The maximum atomic E-state index is 14.6. The molecule has 0 aliphatic carbocycles. The molecule has 6 rings (SSSR count). The zero-order valence-electron chi connectivity index (χ0n) is 25.7. The van der Waals surface area contributed by atoms with Crippen LogP contribution in [0.15, 0.2) is 126 Å². The third kappa shape index (κ3) is 6.52. The lowest BCUT2D eigenvalue weighted by Gasteiger charge is -2.46. The first-order chi connectivity index (χ1) is 22.6. The van der Waals surface area contributed by atoms with Gasteiger partial charge in [-0.2, -0.15) is 0 Å². The summed E-state index contributed by atoms with van der Waals surface area (Å²) >= 11 is 0. The number of amides is 1. The second kappa shape index (κ2) is 13.0. The first-order valence-corrected chi connectivity index (χ1v) is 16.5. The number of rotatable bonds is 10. The number of nitro groups is 1. The van der Waals surface area contributed by atoms with Gasteiger partial charge < -0.3 is 9.64 Å². The molecule has 0 saturated heterocycles. The van der Waals surface area contributed by atoms with E-state index in [0.29, 0.717) is 41.5 Å². The van der Waals surface area contributed by atoms with Gasteiger partial charge in [-0.1, -0.05) is 60.2 Å². The predicted octanol–water partition coefficient (Wildman–Crippen LogP) is 7.47. The number of nitrogens with zero attached hydrogens (tertiary/aromatic N) is 3. The van der Waals surface area contributed by atoms with E-state index in [4.69, 9.17) is 4.74 Å². The third-order valence-corrected chi connectivity index (χ3v) is 9.26. The van der Waals surface area contributed by atoms with Crippen molar-refractivity contribution < 1.29 is 22.9 Å².